The van der Waals surface area contributed by atoms with Crippen LogP contribution in [0.25, 0.3) is 0 Å². The molecular weight excluding hydrogens is 294 g/mol. The summed E-state index contributed by atoms with van der Waals surface area (Å²) in [4.78, 5) is 23.7. The lowest BCUT2D eigenvalue weighted by molar-refractivity contribution is 0.102. The van der Waals surface area contributed by atoms with Crippen molar-refractivity contribution in [3.05, 3.63) is 29.8 Å². The van der Waals surface area contributed by atoms with E-state index >= 15 is 0 Å². The SMILES string of the molecule is CC(C)c1cc(C(=O)Nc2ccon2)nc(N2CCCCC2)n1. The highest BCUT2D eigenvalue weighted by Crippen LogP contribution is 2.20. The number of hydrogen-bond donors (Lipinski definition) is 1. The Bertz CT molecular complexity index is 663. The second kappa shape index (κ2) is 6.76. The molecular formula is C16H21N5O2. The number of nitrogens with zero attached hydrogens (tertiary/aromatic N) is 4. The molecule has 3 heterocycles. The Morgan fingerprint density at radius 1 is 1.26 bits per heavy atom. The fourth-order valence-electron chi connectivity index (χ4n) is 2.56. The predicted molar refractivity (Wildman–Crippen MR) is 86.6 cm³/mol. The minimum atomic E-state index is -0.304. The molecule has 0 aliphatic carbocycles. The molecule has 2 aromatic heterocycles. The molecule has 1 aliphatic heterocycles. The second-order valence-corrected chi connectivity index (χ2v) is 6.02. The number of anilines is 2. The Labute approximate surface area is 135 Å². The number of piperidine rings is 1. The maximum absolute atomic E-state index is 12.4. The highest BCUT2D eigenvalue weighted by atomic mass is 16.5. The fraction of sp³-hybridized carbons (Fsp3) is 0.500. The maximum atomic E-state index is 12.4. The maximum Gasteiger partial charge on any atom is 0.275 e. The first-order valence-electron chi connectivity index (χ1n) is 7.99. The van der Waals surface area contributed by atoms with Crippen LogP contribution in [-0.4, -0.2) is 34.1 Å². The van der Waals surface area contributed by atoms with Gasteiger partial charge in [0.15, 0.2) is 5.82 Å². The molecule has 0 saturated carbocycles. The van der Waals surface area contributed by atoms with E-state index in [2.05, 4.69) is 39.2 Å². The molecule has 1 N–H and O–H groups in total. The van der Waals surface area contributed by atoms with Gasteiger partial charge >= 0.3 is 0 Å². The fourth-order valence-corrected chi connectivity index (χ4v) is 2.56. The molecule has 122 valence electrons. The molecule has 0 aromatic carbocycles. The minimum absolute atomic E-state index is 0.222. The van der Waals surface area contributed by atoms with Crippen LogP contribution in [0, 0.1) is 0 Å². The first-order valence-corrected chi connectivity index (χ1v) is 7.99. The lowest BCUT2D eigenvalue weighted by Gasteiger charge is -2.27. The van der Waals surface area contributed by atoms with Crippen LogP contribution < -0.4 is 10.2 Å². The molecule has 1 fully saturated rings. The zero-order valence-corrected chi connectivity index (χ0v) is 13.5. The van der Waals surface area contributed by atoms with Crippen LogP contribution in [-0.2, 0) is 0 Å². The number of amides is 1. The van der Waals surface area contributed by atoms with Gasteiger partial charge in [-0.25, -0.2) is 9.97 Å². The summed E-state index contributed by atoms with van der Waals surface area (Å²) in [5, 5.41) is 6.37. The largest absolute Gasteiger partial charge is 0.363 e. The Morgan fingerprint density at radius 2 is 2.04 bits per heavy atom. The lowest BCUT2D eigenvalue weighted by Crippen LogP contribution is -2.32. The van der Waals surface area contributed by atoms with Crippen molar-refractivity contribution in [3.8, 4) is 0 Å². The molecule has 3 rings (SSSR count). The third-order valence-corrected chi connectivity index (χ3v) is 3.88. The molecule has 0 unspecified atom stereocenters. The summed E-state index contributed by atoms with van der Waals surface area (Å²) in [5.74, 6) is 0.932. The topological polar surface area (TPSA) is 84.2 Å². The lowest BCUT2D eigenvalue weighted by atomic mass is 10.1. The van der Waals surface area contributed by atoms with Crippen molar-refractivity contribution in [3.63, 3.8) is 0 Å². The van der Waals surface area contributed by atoms with Crippen molar-refractivity contribution in [1.82, 2.24) is 15.1 Å². The Morgan fingerprint density at radius 3 is 2.70 bits per heavy atom. The molecule has 1 amide bonds. The molecule has 0 spiro atoms. The van der Waals surface area contributed by atoms with Crippen LogP contribution in [0.1, 0.15) is 55.2 Å². The van der Waals surface area contributed by atoms with E-state index in [0.29, 0.717) is 17.5 Å². The van der Waals surface area contributed by atoms with Crippen LogP contribution in [0.2, 0.25) is 0 Å². The summed E-state index contributed by atoms with van der Waals surface area (Å²) >= 11 is 0. The predicted octanol–water partition coefficient (Wildman–Crippen LogP) is 2.83. The molecule has 7 heteroatoms. The molecule has 1 saturated heterocycles. The van der Waals surface area contributed by atoms with E-state index in [1.165, 1.54) is 12.7 Å². The third-order valence-electron chi connectivity index (χ3n) is 3.88. The van der Waals surface area contributed by atoms with Gasteiger partial charge in [-0.05, 0) is 31.2 Å². The number of carbonyl (C=O) groups is 1. The van der Waals surface area contributed by atoms with Gasteiger partial charge in [-0.1, -0.05) is 19.0 Å². The summed E-state index contributed by atoms with van der Waals surface area (Å²) in [6, 6.07) is 3.33. The van der Waals surface area contributed by atoms with Gasteiger partial charge in [0.2, 0.25) is 5.95 Å². The second-order valence-electron chi connectivity index (χ2n) is 6.02. The first kappa shape index (κ1) is 15.5. The molecule has 0 atom stereocenters. The molecule has 7 nitrogen and oxygen atoms in total. The van der Waals surface area contributed by atoms with E-state index < -0.39 is 0 Å². The number of carbonyl (C=O) groups excluding carboxylic acids is 1. The highest BCUT2D eigenvalue weighted by Gasteiger charge is 2.19. The van der Waals surface area contributed by atoms with Crippen molar-refractivity contribution in [2.75, 3.05) is 23.3 Å². The number of nitrogens with one attached hydrogen (secondary N) is 1. The van der Waals surface area contributed by atoms with Gasteiger partial charge in [0, 0.05) is 24.8 Å². The number of aromatic nitrogens is 3. The first-order chi connectivity index (χ1) is 11.1. The van der Waals surface area contributed by atoms with Crippen molar-refractivity contribution in [2.24, 2.45) is 0 Å². The van der Waals surface area contributed by atoms with E-state index in [9.17, 15) is 4.79 Å². The van der Waals surface area contributed by atoms with Crippen LogP contribution in [0.4, 0.5) is 11.8 Å². The van der Waals surface area contributed by atoms with Gasteiger partial charge in [0.05, 0.1) is 0 Å². The van der Waals surface area contributed by atoms with Crippen LogP contribution >= 0.6 is 0 Å². The molecule has 0 bridgehead atoms. The number of hydrogen-bond acceptors (Lipinski definition) is 6. The van der Waals surface area contributed by atoms with Crippen molar-refractivity contribution < 1.29 is 9.32 Å². The standard InChI is InChI=1S/C16H21N5O2/c1-11(2)12-10-13(15(22)19-14-6-9-23-20-14)18-16(17-12)21-7-4-3-5-8-21/h6,9-11H,3-5,7-8H2,1-2H3,(H,19,20,22). The van der Waals surface area contributed by atoms with Crippen molar-refractivity contribution in [1.29, 1.82) is 0 Å². The van der Waals surface area contributed by atoms with Gasteiger partial charge in [0.1, 0.15) is 12.0 Å². The van der Waals surface area contributed by atoms with E-state index in [1.807, 2.05) is 0 Å². The summed E-state index contributed by atoms with van der Waals surface area (Å²) < 4.78 is 4.73. The summed E-state index contributed by atoms with van der Waals surface area (Å²) in [6.07, 6.45) is 4.92. The molecule has 1 aliphatic rings. The van der Waals surface area contributed by atoms with E-state index in [-0.39, 0.29) is 11.8 Å². The summed E-state index contributed by atoms with van der Waals surface area (Å²) in [7, 11) is 0. The zero-order chi connectivity index (χ0) is 16.2. The van der Waals surface area contributed by atoms with Crippen LogP contribution in [0.5, 0.6) is 0 Å². The van der Waals surface area contributed by atoms with Gasteiger partial charge in [0.25, 0.3) is 5.91 Å². The third kappa shape index (κ3) is 3.67. The Hall–Kier alpha value is -2.44. The monoisotopic (exact) mass is 315 g/mol. The van der Waals surface area contributed by atoms with E-state index in [0.717, 1.165) is 31.6 Å². The average Bonchev–Trinajstić information content (AvgIpc) is 3.08. The van der Waals surface area contributed by atoms with Crippen molar-refractivity contribution >= 4 is 17.7 Å². The summed E-state index contributed by atoms with van der Waals surface area (Å²) in [5.41, 5.74) is 1.22. The summed E-state index contributed by atoms with van der Waals surface area (Å²) in [6.45, 7) is 5.99. The highest BCUT2D eigenvalue weighted by molar-refractivity contribution is 6.02. The average molecular weight is 315 g/mol. The molecule has 0 radical (unpaired) electrons. The minimum Gasteiger partial charge on any atom is -0.363 e. The quantitative estimate of drug-likeness (QED) is 0.934. The van der Waals surface area contributed by atoms with E-state index in [1.54, 1.807) is 12.1 Å². The van der Waals surface area contributed by atoms with Gasteiger partial charge in [-0.15, -0.1) is 0 Å². The Balaban J connectivity index is 1.88. The molecule has 23 heavy (non-hydrogen) atoms. The van der Waals surface area contributed by atoms with Gasteiger partial charge < -0.3 is 14.7 Å². The zero-order valence-electron chi connectivity index (χ0n) is 13.5. The number of rotatable bonds is 4. The van der Waals surface area contributed by atoms with Crippen LogP contribution in [0.15, 0.2) is 22.9 Å². The smallest absolute Gasteiger partial charge is 0.275 e. The Kier molecular flexibility index (Phi) is 4.55. The van der Waals surface area contributed by atoms with E-state index in [4.69, 9.17) is 4.52 Å². The normalized spacial score (nSPS) is 15.0. The van der Waals surface area contributed by atoms with Crippen molar-refractivity contribution in [2.45, 2.75) is 39.0 Å². The van der Waals surface area contributed by atoms with Gasteiger partial charge in [-0.2, -0.15) is 0 Å². The molecule has 2 aromatic rings. The van der Waals surface area contributed by atoms with Gasteiger partial charge in [-0.3, -0.25) is 4.79 Å². The van der Waals surface area contributed by atoms with Crippen LogP contribution in [0.3, 0.4) is 0 Å².